The Bertz CT molecular complexity index is 486. The van der Waals surface area contributed by atoms with Crippen LogP contribution in [0.15, 0.2) is 12.3 Å². The highest BCUT2D eigenvalue weighted by Crippen LogP contribution is 2.22. The summed E-state index contributed by atoms with van der Waals surface area (Å²) in [5.41, 5.74) is 0.940. The fraction of sp³-hybridized carbons (Fsp3) is 0.615. The molecule has 2 amide bonds. The number of hydrogen-bond donors (Lipinski definition) is 1. The van der Waals surface area contributed by atoms with Crippen LogP contribution in [-0.4, -0.2) is 53.3 Å². The minimum Gasteiger partial charge on any atom is -0.372 e. The van der Waals surface area contributed by atoms with Crippen molar-refractivity contribution in [2.45, 2.75) is 25.9 Å². The Kier molecular flexibility index (Phi) is 4.73. The van der Waals surface area contributed by atoms with Gasteiger partial charge in [0.1, 0.15) is 6.61 Å². The lowest BCUT2D eigenvalue weighted by molar-refractivity contribution is -0.138. The van der Waals surface area contributed by atoms with E-state index >= 15 is 0 Å². The zero-order valence-electron chi connectivity index (χ0n) is 11.8. The number of aromatic nitrogens is 2. The van der Waals surface area contributed by atoms with E-state index < -0.39 is 0 Å². The molecular weight excluding hydrogens is 260 g/mol. The van der Waals surface area contributed by atoms with Crippen LogP contribution in [0.25, 0.3) is 0 Å². The molecule has 0 radical (unpaired) electrons. The molecule has 110 valence electrons. The van der Waals surface area contributed by atoms with Crippen molar-refractivity contribution in [3.8, 4) is 0 Å². The Labute approximate surface area is 117 Å². The van der Waals surface area contributed by atoms with E-state index in [1.165, 1.54) is 0 Å². The van der Waals surface area contributed by atoms with Crippen LogP contribution in [0.2, 0.25) is 0 Å². The largest absolute Gasteiger partial charge is 0.372 e. The van der Waals surface area contributed by atoms with Crippen LogP contribution >= 0.6 is 0 Å². The van der Waals surface area contributed by atoms with Gasteiger partial charge in [-0.3, -0.25) is 14.3 Å². The number of carbonyl (C=O) groups is 2. The molecule has 1 aromatic rings. The molecule has 20 heavy (non-hydrogen) atoms. The first-order valence-corrected chi connectivity index (χ1v) is 6.74. The van der Waals surface area contributed by atoms with Gasteiger partial charge >= 0.3 is 0 Å². The zero-order valence-corrected chi connectivity index (χ0v) is 11.8. The van der Waals surface area contributed by atoms with Crippen LogP contribution in [-0.2, 0) is 20.9 Å². The van der Waals surface area contributed by atoms with E-state index in [0.717, 1.165) is 5.69 Å². The van der Waals surface area contributed by atoms with Gasteiger partial charge in [-0.15, -0.1) is 0 Å². The molecule has 0 unspecified atom stereocenters. The third-order valence-corrected chi connectivity index (χ3v) is 3.36. The summed E-state index contributed by atoms with van der Waals surface area (Å²) in [6.45, 7) is 3.44. The third kappa shape index (κ3) is 3.16. The summed E-state index contributed by atoms with van der Waals surface area (Å²) in [6.07, 6.45) is 2.01. The predicted molar refractivity (Wildman–Crippen MR) is 71.9 cm³/mol. The van der Waals surface area contributed by atoms with E-state index in [2.05, 4.69) is 10.4 Å². The van der Waals surface area contributed by atoms with Crippen molar-refractivity contribution in [1.29, 1.82) is 0 Å². The van der Waals surface area contributed by atoms with Gasteiger partial charge in [0.2, 0.25) is 11.8 Å². The van der Waals surface area contributed by atoms with Gasteiger partial charge < -0.3 is 15.0 Å². The summed E-state index contributed by atoms with van der Waals surface area (Å²) in [5.74, 6) is -0.114. The lowest BCUT2D eigenvalue weighted by Gasteiger charge is -2.33. The molecule has 0 bridgehead atoms. The van der Waals surface area contributed by atoms with Gasteiger partial charge in [0.25, 0.3) is 0 Å². The quantitative estimate of drug-likeness (QED) is 0.819. The van der Waals surface area contributed by atoms with Crippen molar-refractivity contribution in [2.24, 2.45) is 0 Å². The van der Waals surface area contributed by atoms with Crippen LogP contribution in [0.3, 0.4) is 0 Å². The summed E-state index contributed by atoms with van der Waals surface area (Å²) in [6, 6.07) is 1.75. The summed E-state index contributed by atoms with van der Waals surface area (Å²) < 4.78 is 7.00. The Morgan fingerprint density at radius 2 is 2.35 bits per heavy atom. The monoisotopic (exact) mass is 280 g/mol. The highest BCUT2D eigenvalue weighted by Gasteiger charge is 2.29. The highest BCUT2D eigenvalue weighted by molar-refractivity contribution is 5.78. The number of nitrogens with one attached hydrogen (secondary N) is 1. The van der Waals surface area contributed by atoms with Crippen molar-refractivity contribution in [2.75, 3.05) is 26.8 Å². The topological polar surface area (TPSA) is 76.5 Å². The van der Waals surface area contributed by atoms with Crippen molar-refractivity contribution in [1.82, 2.24) is 20.0 Å². The molecule has 0 spiro atoms. The second-order valence-electron chi connectivity index (χ2n) is 4.71. The Hall–Kier alpha value is -1.89. The number of nitrogens with zero attached hydrogens (tertiary/aromatic N) is 3. The molecule has 2 heterocycles. The van der Waals surface area contributed by atoms with Crippen LogP contribution in [0.1, 0.15) is 25.1 Å². The smallest absolute Gasteiger partial charge is 0.248 e. The molecule has 1 aromatic heterocycles. The molecule has 1 aliphatic rings. The van der Waals surface area contributed by atoms with Gasteiger partial charge in [0.15, 0.2) is 0 Å². The van der Waals surface area contributed by atoms with E-state index in [4.69, 9.17) is 4.74 Å². The molecule has 2 rings (SSSR count). The molecule has 0 fully saturated rings. The van der Waals surface area contributed by atoms with Gasteiger partial charge in [0, 0.05) is 26.4 Å². The van der Waals surface area contributed by atoms with Crippen LogP contribution < -0.4 is 5.32 Å². The standard InChI is InChI=1S/C13H20N4O3/c1-3-20-9-13(19)16-7-10-4-5-15-17(10)11(8-16)6-12(18)14-2/h4-5,11H,3,6-9H2,1-2H3,(H,14,18)/t11-/m1/s1. The van der Waals surface area contributed by atoms with Gasteiger partial charge in [-0.2, -0.15) is 5.10 Å². The molecule has 0 saturated carbocycles. The number of carbonyl (C=O) groups excluding carboxylic acids is 2. The fourth-order valence-corrected chi connectivity index (χ4v) is 2.33. The number of amides is 2. The zero-order chi connectivity index (χ0) is 14.5. The maximum absolute atomic E-state index is 12.1. The van der Waals surface area contributed by atoms with E-state index in [1.807, 2.05) is 17.7 Å². The average molecular weight is 280 g/mol. The molecule has 1 N–H and O–H groups in total. The number of ether oxygens (including phenoxy) is 1. The van der Waals surface area contributed by atoms with Crippen LogP contribution in [0.4, 0.5) is 0 Å². The third-order valence-electron chi connectivity index (χ3n) is 3.36. The van der Waals surface area contributed by atoms with Crippen LogP contribution in [0, 0.1) is 0 Å². The molecule has 0 aromatic carbocycles. The van der Waals surface area contributed by atoms with E-state index in [-0.39, 0.29) is 24.5 Å². The van der Waals surface area contributed by atoms with Gasteiger partial charge in [0.05, 0.1) is 24.7 Å². The van der Waals surface area contributed by atoms with Crippen molar-refractivity contribution < 1.29 is 14.3 Å². The van der Waals surface area contributed by atoms with Crippen molar-refractivity contribution >= 4 is 11.8 Å². The second-order valence-corrected chi connectivity index (χ2v) is 4.71. The van der Waals surface area contributed by atoms with E-state index in [1.54, 1.807) is 18.1 Å². The summed E-state index contributed by atoms with van der Waals surface area (Å²) >= 11 is 0. The molecule has 1 aliphatic heterocycles. The molecule has 7 heteroatoms. The van der Waals surface area contributed by atoms with Crippen LogP contribution in [0.5, 0.6) is 0 Å². The number of rotatable bonds is 5. The summed E-state index contributed by atoms with van der Waals surface area (Å²) in [4.78, 5) is 25.4. The molecule has 0 saturated heterocycles. The number of fused-ring (bicyclic) bond motifs is 1. The maximum Gasteiger partial charge on any atom is 0.248 e. The highest BCUT2D eigenvalue weighted by atomic mass is 16.5. The lowest BCUT2D eigenvalue weighted by atomic mass is 10.1. The number of hydrogen-bond acceptors (Lipinski definition) is 4. The summed E-state index contributed by atoms with van der Waals surface area (Å²) in [5, 5.41) is 6.85. The fourth-order valence-electron chi connectivity index (χ4n) is 2.33. The Morgan fingerprint density at radius 3 is 3.05 bits per heavy atom. The average Bonchev–Trinajstić information content (AvgIpc) is 2.93. The molecule has 1 atom stereocenters. The minimum atomic E-state index is -0.126. The van der Waals surface area contributed by atoms with E-state index in [9.17, 15) is 9.59 Å². The first kappa shape index (κ1) is 14.5. The van der Waals surface area contributed by atoms with Gasteiger partial charge in [-0.05, 0) is 13.0 Å². The van der Waals surface area contributed by atoms with E-state index in [0.29, 0.717) is 26.1 Å². The summed E-state index contributed by atoms with van der Waals surface area (Å²) in [7, 11) is 1.60. The van der Waals surface area contributed by atoms with Crippen molar-refractivity contribution in [3.05, 3.63) is 18.0 Å². The molecule has 0 aliphatic carbocycles. The SMILES string of the molecule is CCOCC(=O)N1Cc2ccnn2[C@H](CC(=O)NC)C1. The predicted octanol–water partition coefficient (Wildman–Crippen LogP) is -0.0610. The molecular formula is C13H20N4O3. The first-order chi connectivity index (χ1) is 9.65. The first-order valence-electron chi connectivity index (χ1n) is 6.74. The lowest BCUT2D eigenvalue weighted by Crippen LogP contribution is -2.44. The van der Waals surface area contributed by atoms with Gasteiger partial charge in [-0.1, -0.05) is 0 Å². The van der Waals surface area contributed by atoms with Crippen molar-refractivity contribution in [3.63, 3.8) is 0 Å². The maximum atomic E-state index is 12.1. The van der Waals surface area contributed by atoms with Gasteiger partial charge in [-0.25, -0.2) is 0 Å². The Morgan fingerprint density at radius 1 is 1.55 bits per heavy atom. The minimum absolute atomic E-state index is 0.0544. The second kappa shape index (κ2) is 6.51. The molecule has 7 nitrogen and oxygen atoms in total. The normalized spacial score (nSPS) is 17.7. The Balaban J connectivity index is 2.09.